The second kappa shape index (κ2) is 5.49. The second-order valence-corrected chi connectivity index (χ2v) is 6.62. The van der Waals surface area contributed by atoms with Gasteiger partial charge in [-0.15, -0.1) is 0 Å². The number of halogens is 1. The Morgan fingerprint density at radius 2 is 2.05 bits per heavy atom. The molecule has 0 aliphatic rings. The highest BCUT2D eigenvalue weighted by atomic mass is 79.9. The molecular weight excluding hydrogens is 364 g/mol. The van der Waals surface area contributed by atoms with E-state index in [9.17, 15) is 13.2 Å². The van der Waals surface area contributed by atoms with Crippen LogP contribution in [0, 0.1) is 13.8 Å². The maximum absolute atomic E-state index is 12.3. The molecule has 0 aliphatic heterocycles. The summed E-state index contributed by atoms with van der Waals surface area (Å²) in [5.74, 6) is -1.83. The van der Waals surface area contributed by atoms with Crippen molar-refractivity contribution < 1.29 is 22.7 Å². The van der Waals surface area contributed by atoms with E-state index in [1.165, 1.54) is 0 Å². The van der Waals surface area contributed by atoms with Gasteiger partial charge in [-0.2, -0.15) is 0 Å². The number of carbonyl (C=O) groups is 1. The topological polar surface area (TPSA) is 110 Å². The van der Waals surface area contributed by atoms with Crippen LogP contribution in [0.5, 0.6) is 0 Å². The Balaban J connectivity index is 2.41. The number of nitrogens with one attached hydrogen (secondary N) is 1. The lowest BCUT2D eigenvalue weighted by Gasteiger charge is -2.09. The summed E-state index contributed by atoms with van der Waals surface area (Å²) in [7, 11) is -3.99. The number of sulfonamides is 1. The molecule has 7 nitrogen and oxygen atoms in total. The van der Waals surface area contributed by atoms with Gasteiger partial charge in [0, 0.05) is 11.8 Å². The standard InChI is InChI=1S/C12H11BrN2O5S/c1-6-3-4-8(7(2)14-6)15-21(18,19)10-5-9(12(16)17)20-11(10)13/h3-5,15H,1-2H3,(H,16,17). The van der Waals surface area contributed by atoms with Gasteiger partial charge in [-0.05, 0) is 41.9 Å². The van der Waals surface area contributed by atoms with Gasteiger partial charge in [0.25, 0.3) is 10.0 Å². The predicted octanol–water partition coefficient (Wildman–Crippen LogP) is 2.55. The largest absolute Gasteiger partial charge is 0.475 e. The number of carboxylic acids is 1. The van der Waals surface area contributed by atoms with Gasteiger partial charge in [0.1, 0.15) is 4.90 Å². The highest BCUT2D eigenvalue weighted by molar-refractivity contribution is 9.10. The highest BCUT2D eigenvalue weighted by Gasteiger charge is 2.25. The van der Waals surface area contributed by atoms with Crippen molar-refractivity contribution in [2.75, 3.05) is 4.72 Å². The molecule has 9 heteroatoms. The van der Waals surface area contributed by atoms with Crippen LogP contribution in [0.3, 0.4) is 0 Å². The van der Waals surface area contributed by atoms with Gasteiger partial charge in [0.2, 0.25) is 5.76 Å². The van der Waals surface area contributed by atoms with E-state index in [2.05, 4.69) is 25.6 Å². The number of anilines is 1. The van der Waals surface area contributed by atoms with Crippen molar-refractivity contribution in [2.24, 2.45) is 0 Å². The first kappa shape index (κ1) is 15.5. The summed E-state index contributed by atoms with van der Waals surface area (Å²) >= 11 is 2.90. The molecule has 2 N–H and O–H groups in total. The van der Waals surface area contributed by atoms with E-state index in [0.717, 1.165) is 11.8 Å². The van der Waals surface area contributed by atoms with Gasteiger partial charge in [-0.3, -0.25) is 9.71 Å². The Morgan fingerprint density at radius 1 is 1.38 bits per heavy atom. The zero-order valence-electron chi connectivity index (χ0n) is 11.0. The molecule has 2 aromatic heterocycles. The Bertz CT molecular complexity index is 813. The molecule has 0 radical (unpaired) electrons. The van der Waals surface area contributed by atoms with Crippen LogP contribution < -0.4 is 4.72 Å². The second-order valence-electron chi connectivity index (χ2n) is 4.24. The number of rotatable bonds is 4. The van der Waals surface area contributed by atoms with Gasteiger partial charge in [-0.1, -0.05) is 0 Å². The minimum Gasteiger partial charge on any atom is -0.475 e. The van der Waals surface area contributed by atoms with Crippen molar-refractivity contribution in [3.63, 3.8) is 0 Å². The van der Waals surface area contributed by atoms with E-state index < -0.39 is 21.8 Å². The average Bonchev–Trinajstić information content (AvgIpc) is 2.76. The van der Waals surface area contributed by atoms with Crippen LogP contribution in [0.1, 0.15) is 21.9 Å². The fraction of sp³-hybridized carbons (Fsp3) is 0.167. The number of aromatic nitrogens is 1. The molecule has 21 heavy (non-hydrogen) atoms. The Hall–Kier alpha value is -1.87. The summed E-state index contributed by atoms with van der Waals surface area (Å²) in [5, 5.41) is 8.81. The summed E-state index contributed by atoms with van der Waals surface area (Å²) in [6.45, 7) is 3.45. The normalized spacial score (nSPS) is 11.4. The zero-order valence-corrected chi connectivity index (χ0v) is 13.4. The average molecular weight is 375 g/mol. The molecule has 0 bridgehead atoms. The lowest BCUT2D eigenvalue weighted by molar-refractivity contribution is 0.0661. The number of carboxylic acid groups (broad SMARTS) is 1. The van der Waals surface area contributed by atoms with Crippen LogP contribution in [-0.2, 0) is 10.0 Å². The smallest absolute Gasteiger partial charge is 0.371 e. The van der Waals surface area contributed by atoms with Crippen molar-refractivity contribution in [3.05, 3.63) is 40.0 Å². The molecule has 2 aromatic rings. The third-order valence-corrected chi connectivity index (χ3v) is 4.85. The molecule has 0 unspecified atom stereocenters. The molecular formula is C12H11BrN2O5S. The van der Waals surface area contributed by atoms with Gasteiger partial charge >= 0.3 is 5.97 Å². The van der Waals surface area contributed by atoms with Gasteiger partial charge in [0.05, 0.1) is 11.4 Å². The molecule has 112 valence electrons. The fourth-order valence-corrected chi connectivity index (χ4v) is 3.69. The maximum Gasteiger partial charge on any atom is 0.371 e. The molecule has 0 aromatic carbocycles. The third kappa shape index (κ3) is 3.24. The molecule has 0 amide bonds. The first-order chi connectivity index (χ1) is 9.70. The number of aromatic carboxylic acids is 1. The summed E-state index contributed by atoms with van der Waals surface area (Å²) in [6.07, 6.45) is 0. The van der Waals surface area contributed by atoms with Crippen LogP contribution in [0.2, 0.25) is 0 Å². The number of pyridine rings is 1. The summed E-state index contributed by atoms with van der Waals surface area (Å²) in [6, 6.07) is 4.19. The SMILES string of the molecule is Cc1ccc(NS(=O)(=O)c2cc(C(=O)O)oc2Br)c(C)n1. The molecule has 0 saturated carbocycles. The number of furan rings is 1. The Morgan fingerprint density at radius 3 is 2.57 bits per heavy atom. The Labute approximate surface area is 129 Å². The minimum atomic E-state index is -3.99. The van der Waals surface area contributed by atoms with Crippen molar-refractivity contribution in [3.8, 4) is 0 Å². The molecule has 2 heterocycles. The van der Waals surface area contributed by atoms with E-state index in [4.69, 9.17) is 9.52 Å². The Kier molecular flexibility index (Phi) is 4.06. The van der Waals surface area contributed by atoms with Crippen LogP contribution in [0.15, 0.2) is 32.2 Å². The molecule has 0 fully saturated rings. The van der Waals surface area contributed by atoms with E-state index >= 15 is 0 Å². The highest BCUT2D eigenvalue weighted by Crippen LogP contribution is 2.28. The first-order valence-corrected chi connectivity index (χ1v) is 7.98. The van der Waals surface area contributed by atoms with Crippen molar-refractivity contribution >= 4 is 37.6 Å². The van der Waals surface area contributed by atoms with Crippen LogP contribution in [0.25, 0.3) is 0 Å². The van der Waals surface area contributed by atoms with E-state index in [0.29, 0.717) is 11.4 Å². The minimum absolute atomic E-state index is 0.176. The number of hydrogen-bond acceptors (Lipinski definition) is 5. The molecule has 0 saturated heterocycles. The van der Waals surface area contributed by atoms with Crippen LogP contribution >= 0.6 is 15.9 Å². The number of hydrogen-bond donors (Lipinski definition) is 2. The van der Waals surface area contributed by atoms with Crippen LogP contribution in [0.4, 0.5) is 5.69 Å². The summed E-state index contributed by atoms with van der Waals surface area (Å²) < 4.78 is 31.6. The lowest BCUT2D eigenvalue weighted by atomic mass is 10.3. The molecule has 0 atom stereocenters. The van der Waals surface area contributed by atoms with Crippen molar-refractivity contribution in [1.82, 2.24) is 4.98 Å². The monoisotopic (exact) mass is 374 g/mol. The summed E-state index contributed by atoms with van der Waals surface area (Å²) in [5.41, 5.74) is 1.58. The van der Waals surface area contributed by atoms with E-state index in [-0.39, 0.29) is 9.56 Å². The first-order valence-electron chi connectivity index (χ1n) is 5.70. The zero-order chi connectivity index (χ0) is 15.8. The molecule has 0 spiro atoms. The predicted molar refractivity (Wildman–Crippen MR) is 77.9 cm³/mol. The van der Waals surface area contributed by atoms with Crippen molar-refractivity contribution in [1.29, 1.82) is 0 Å². The van der Waals surface area contributed by atoms with Gasteiger partial charge in [0.15, 0.2) is 4.67 Å². The van der Waals surface area contributed by atoms with E-state index in [1.807, 2.05) is 0 Å². The fourth-order valence-electron chi connectivity index (χ4n) is 1.63. The van der Waals surface area contributed by atoms with Crippen molar-refractivity contribution in [2.45, 2.75) is 18.7 Å². The van der Waals surface area contributed by atoms with Gasteiger partial charge < -0.3 is 9.52 Å². The summed E-state index contributed by atoms with van der Waals surface area (Å²) in [4.78, 5) is 14.7. The maximum atomic E-state index is 12.3. The van der Waals surface area contributed by atoms with E-state index in [1.54, 1.807) is 26.0 Å². The van der Waals surface area contributed by atoms with Crippen LogP contribution in [-0.4, -0.2) is 24.5 Å². The molecule has 0 aliphatic carbocycles. The number of nitrogens with zero attached hydrogens (tertiary/aromatic N) is 1. The lowest BCUT2D eigenvalue weighted by Crippen LogP contribution is -2.14. The van der Waals surface area contributed by atoms with Gasteiger partial charge in [-0.25, -0.2) is 13.2 Å². The third-order valence-electron chi connectivity index (χ3n) is 2.63. The number of aryl methyl sites for hydroxylation is 2. The quantitative estimate of drug-likeness (QED) is 0.850. The molecule has 2 rings (SSSR count).